The number of amides is 1. The van der Waals surface area contributed by atoms with Crippen LogP contribution in [-0.4, -0.2) is 22.5 Å². The van der Waals surface area contributed by atoms with Crippen LogP contribution in [-0.2, 0) is 11.3 Å². The van der Waals surface area contributed by atoms with Crippen molar-refractivity contribution in [2.75, 3.05) is 11.9 Å². The number of hydrogen-bond donors (Lipinski definition) is 3. The maximum absolute atomic E-state index is 11.9. The zero-order valence-electron chi connectivity index (χ0n) is 15.3. The highest BCUT2D eigenvalue weighted by molar-refractivity contribution is 5.90. The van der Waals surface area contributed by atoms with Gasteiger partial charge >= 0.3 is 0 Å². The average molecular weight is 363 g/mol. The molecule has 1 amide bonds. The first kappa shape index (κ1) is 18.9. The minimum Gasteiger partial charge on any atom is -0.506 e. The summed E-state index contributed by atoms with van der Waals surface area (Å²) >= 11 is 0. The first-order valence-electron chi connectivity index (χ1n) is 9.35. The summed E-state index contributed by atoms with van der Waals surface area (Å²) in [6, 6.07) is 17.0. The number of phenols is 1. The van der Waals surface area contributed by atoms with E-state index in [4.69, 9.17) is 0 Å². The molecule has 0 spiro atoms. The minimum atomic E-state index is 0.0669. The largest absolute Gasteiger partial charge is 0.506 e. The van der Waals surface area contributed by atoms with Gasteiger partial charge in [0.15, 0.2) is 0 Å². The molecule has 3 rings (SSSR count). The lowest BCUT2D eigenvalue weighted by Gasteiger charge is -2.09. The Morgan fingerprint density at radius 1 is 0.963 bits per heavy atom. The molecule has 0 aliphatic rings. The predicted octanol–water partition coefficient (Wildman–Crippen LogP) is 4.23. The summed E-state index contributed by atoms with van der Waals surface area (Å²) in [7, 11) is 0. The zero-order chi connectivity index (χ0) is 18.9. The van der Waals surface area contributed by atoms with Crippen LogP contribution in [0.3, 0.4) is 0 Å². The third-order valence-corrected chi connectivity index (χ3v) is 4.47. The maximum Gasteiger partial charge on any atom is 0.224 e. The highest BCUT2D eigenvalue weighted by atomic mass is 16.3. The fourth-order valence-electron chi connectivity index (χ4n) is 3.05. The standard InChI is InChI=1S/C22H25N3O2/c26-20-13-12-17(19-10-7-15-24-22(19)20)16-23-14-6-2-5-11-21(27)25-18-8-3-1-4-9-18/h1,3-4,7-10,12-13,15,23,26H,2,5-6,11,14,16H2,(H,25,27). The molecule has 0 bridgehead atoms. The Labute approximate surface area is 159 Å². The van der Waals surface area contributed by atoms with Crippen LogP contribution < -0.4 is 10.6 Å². The van der Waals surface area contributed by atoms with Crippen LogP contribution in [0.4, 0.5) is 5.69 Å². The smallest absolute Gasteiger partial charge is 0.224 e. The molecule has 0 unspecified atom stereocenters. The lowest BCUT2D eigenvalue weighted by Crippen LogP contribution is -2.15. The Balaban J connectivity index is 1.33. The Morgan fingerprint density at radius 3 is 2.67 bits per heavy atom. The highest BCUT2D eigenvalue weighted by Gasteiger charge is 2.06. The monoisotopic (exact) mass is 363 g/mol. The van der Waals surface area contributed by atoms with E-state index in [1.807, 2.05) is 48.5 Å². The molecule has 2 aromatic carbocycles. The van der Waals surface area contributed by atoms with Gasteiger partial charge in [-0.05, 0) is 49.2 Å². The van der Waals surface area contributed by atoms with Crippen LogP contribution in [0.5, 0.6) is 5.75 Å². The number of nitrogens with zero attached hydrogens (tertiary/aromatic N) is 1. The molecule has 5 nitrogen and oxygen atoms in total. The van der Waals surface area contributed by atoms with Crippen molar-refractivity contribution < 1.29 is 9.90 Å². The lowest BCUT2D eigenvalue weighted by atomic mass is 10.1. The molecule has 140 valence electrons. The van der Waals surface area contributed by atoms with E-state index >= 15 is 0 Å². The number of unbranched alkanes of at least 4 members (excludes halogenated alkanes) is 2. The van der Waals surface area contributed by atoms with E-state index in [9.17, 15) is 9.90 Å². The highest BCUT2D eigenvalue weighted by Crippen LogP contribution is 2.25. The van der Waals surface area contributed by atoms with E-state index < -0.39 is 0 Å². The van der Waals surface area contributed by atoms with Gasteiger partial charge in [0.05, 0.1) is 0 Å². The van der Waals surface area contributed by atoms with Gasteiger partial charge < -0.3 is 15.7 Å². The van der Waals surface area contributed by atoms with Crippen molar-refractivity contribution >= 4 is 22.5 Å². The van der Waals surface area contributed by atoms with Gasteiger partial charge in [0, 0.05) is 30.2 Å². The number of hydrogen-bond acceptors (Lipinski definition) is 4. The van der Waals surface area contributed by atoms with E-state index in [2.05, 4.69) is 15.6 Å². The predicted molar refractivity (Wildman–Crippen MR) is 109 cm³/mol. The maximum atomic E-state index is 11.9. The number of fused-ring (bicyclic) bond motifs is 1. The molecular weight excluding hydrogens is 338 g/mol. The second-order valence-corrected chi connectivity index (χ2v) is 6.55. The molecule has 0 saturated carbocycles. The van der Waals surface area contributed by atoms with Crippen LogP contribution in [0.2, 0.25) is 0 Å². The third-order valence-electron chi connectivity index (χ3n) is 4.47. The van der Waals surface area contributed by atoms with Crippen molar-refractivity contribution in [2.24, 2.45) is 0 Å². The SMILES string of the molecule is O=C(CCCCCNCc1ccc(O)c2ncccc12)Nc1ccccc1. The van der Waals surface area contributed by atoms with Gasteiger partial charge in [-0.3, -0.25) is 9.78 Å². The van der Waals surface area contributed by atoms with Crippen LogP contribution in [0.25, 0.3) is 10.9 Å². The van der Waals surface area contributed by atoms with Crippen molar-refractivity contribution in [3.05, 3.63) is 66.4 Å². The molecule has 5 heteroatoms. The Bertz CT molecular complexity index is 881. The molecule has 1 heterocycles. The number of carbonyl (C=O) groups excluding carboxylic acids is 1. The number of benzene rings is 2. The first-order chi connectivity index (χ1) is 13.2. The van der Waals surface area contributed by atoms with Gasteiger partial charge in [0.2, 0.25) is 5.91 Å². The summed E-state index contributed by atoms with van der Waals surface area (Å²) in [4.78, 5) is 16.1. The second-order valence-electron chi connectivity index (χ2n) is 6.55. The molecule has 27 heavy (non-hydrogen) atoms. The summed E-state index contributed by atoms with van der Waals surface area (Å²) in [5, 5.41) is 17.2. The number of nitrogens with one attached hydrogen (secondary N) is 2. The fourth-order valence-corrected chi connectivity index (χ4v) is 3.05. The number of phenolic OH excluding ortho intramolecular Hbond substituents is 1. The molecule has 1 aromatic heterocycles. The lowest BCUT2D eigenvalue weighted by molar-refractivity contribution is -0.116. The van der Waals surface area contributed by atoms with Crippen molar-refractivity contribution in [3.8, 4) is 5.75 Å². The quantitative estimate of drug-likeness (QED) is 0.497. The molecule has 0 atom stereocenters. The van der Waals surface area contributed by atoms with Crippen molar-refractivity contribution in [1.82, 2.24) is 10.3 Å². The Hall–Kier alpha value is -2.92. The van der Waals surface area contributed by atoms with Gasteiger partial charge in [-0.25, -0.2) is 0 Å². The molecule has 0 aliphatic carbocycles. The van der Waals surface area contributed by atoms with E-state index in [-0.39, 0.29) is 11.7 Å². The number of carbonyl (C=O) groups is 1. The second kappa shape index (κ2) is 9.69. The number of aromatic hydroxyl groups is 1. The average Bonchev–Trinajstić information content (AvgIpc) is 2.70. The molecule has 3 N–H and O–H groups in total. The number of pyridine rings is 1. The molecule has 0 radical (unpaired) electrons. The Kier molecular flexibility index (Phi) is 6.77. The van der Waals surface area contributed by atoms with E-state index in [0.717, 1.165) is 49.0 Å². The molecule has 0 saturated heterocycles. The fraction of sp³-hybridized carbons (Fsp3) is 0.273. The minimum absolute atomic E-state index is 0.0669. The van der Waals surface area contributed by atoms with Gasteiger partial charge in [-0.2, -0.15) is 0 Å². The van der Waals surface area contributed by atoms with Crippen LogP contribution in [0.1, 0.15) is 31.2 Å². The van der Waals surface area contributed by atoms with Crippen molar-refractivity contribution in [3.63, 3.8) is 0 Å². The molecule has 0 aliphatic heterocycles. The summed E-state index contributed by atoms with van der Waals surface area (Å²) in [6.07, 6.45) is 5.14. The summed E-state index contributed by atoms with van der Waals surface area (Å²) in [6.45, 7) is 1.62. The van der Waals surface area contributed by atoms with Crippen molar-refractivity contribution in [1.29, 1.82) is 0 Å². The Morgan fingerprint density at radius 2 is 1.81 bits per heavy atom. The van der Waals surface area contributed by atoms with Crippen LogP contribution in [0.15, 0.2) is 60.8 Å². The van der Waals surface area contributed by atoms with Gasteiger partial charge in [-0.1, -0.05) is 36.8 Å². The molecular formula is C22H25N3O2. The summed E-state index contributed by atoms with van der Waals surface area (Å²) < 4.78 is 0. The van der Waals surface area contributed by atoms with E-state index in [1.54, 1.807) is 12.3 Å². The molecule has 3 aromatic rings. The van der Waals surface area contributed by atoms with Gasteiger partial charge in [0.1, 0.15) is 11.3 Å². The van der Waals surface area contributed by atoms with Crippen LogP contribution in [0, 0.1) is 0 Å². The number of anilines is 1. The summed E-state index contributed by atoms with van der Waals surface area (Å²) in [5.41, 5.74) is 2.61. The molecule has 0 fully saturated rings. The topological polar surface area (TPSA) is 74.2 Å². The number of aromatic nitrogens is 1. The third kappa shape index (κ3) is 5.53. The number of rotatable bonds is 9. The summed E-state index contributed by atoms with van der Waals surface area (Å²) in [5.74, 6) is 0.278. The zero-order valence-corrected chi connectivity index (χ0v) is 15.3. The van der Waals surface area contributed by atoms with E-state index in [1.165, 1.54) is 0 Å². The van der Waals surface area contributed by atoms with Crippen LogP contribution >= 0.6 is 0 Å². The van der Waals surface area contributed by atoms with E-state index in [0.29, 0.717) is 11.9 Å². The van der Waals surface area contributed by atoms with Gasteiger partial charge in [0.25, 0.3) is 0 Å². The normalized spacial score (nSPS) is 10.8. The first-order valence-corrected chi connectivity index (χ1v) is 9.35. The number of para-hydroxylation sites is 1. The van der Waals surface area contributed by atoms with Gasteiger partial charge in [-0.15, -0.1) is 0 Å². The van der Waals surface area contributed by atoms with Crippen molar-refractivity contribution in [2.45, 2.75) is 32.2 Å².